The van der Waals surface area contributed by atoms with Crippen molar-refractivity contribution in [1.29, 1.82) is 0 Å². The minimum Gasteiger partial charge on any atom is -0.395 e. The second kappa shape index (κ2) is 8.32. The van der Waals surface area contributed by atoms with E-state index >= 15 is 0 Å². The molecule has 0 unspecified atom stereocenters. The SMILES string of the molecule is CNCc1ccc(Cl)cc1N(CCO)CCOC. The number of anilines is 1. The van der Waals surface area contributed by atoms with Gasteiger partial charge in [-0.05, 0) is 24.7 Å². The Bertz CT molecular complexity index is 361. The first-order valence-corrected chi connectivity index (χ1v) is 6.38. The zero-order valence-electron chi connectivity index (χ0n) is 10.9. The molecule has 0 aromatic heterocycles. The fourth-order valence-corrected chi connectivity index (χ4v) is 2.01. The fourth-order valence-electron chi connectivity index (χ4n) is 1.85. The van der Waals surface area contributed by atoms with Gasteiger partial charge in [0.25, 0.3) is 0 Å². The zero-order chi connectivity index (χ0) is 13.4. The number of rotatable bonds is 8. The third-order valence-electron chi connectivity index (χ3n) is 2.69. The number of ether oxygens (including phenoxy) is 1. The maximum atomic E-state index is 9.16. The third-order valence-corrected chi connectivity index (χ3v) is 2.93. The molecule has 1 rings (SSSR count). The van der Waals surface area contributed by atoms with Crippen LogP contribution in [0.15, 0.2) is 18.2 Å². The van der Waals surface area contributed by atoms with Crippen molar-refractivity contribution in [3.05, 3.63) is 28.8 Å². The molecule has 0 fully saturated rings. The minimum atomic E-state index is 0.106. The first-order chi connectivity index (χ1) is 8.72. The maximum Gasteiger partial charge on any atom is 0.0637 e. The number of aliphatic hydroxyl groups excluding tert-OH is 1. The highest BCUT2D eigenvalue weighted by atomic mass is 35.5. The molecule has 0 saturated carbocycles. The quantitative estimate of drug-likeness (QED) is 0.753. The van der Waals surface area contributed by atoms with Crippen molar-refractivity contribution in [2.75, 3.05) is 45.4 Å². The molecule has 102 valence electrons. The molecular formula is C13H21ClN2O2. The van der Waals surface area contributed by atoms with Crippen molar-refractivity contribution in [2.24, 2.45) is 0 Å². The Morgan fingerprint density at radius 1 is 1.39 bits per heavy atom. The molecule has 1 aromatic carbocycles. The van der Waals surface area contributed by atoms with Crippen LogP contribution in [-0.4, -0.2) is 45.6 Å². The molecule has 5 heteroatoms. The number of methoxy groups -OCH3 is 1. The Labute approximate surface area is 114 Å². The summed E-state index contributed by atoms with van der Waals surface area (Å²) in [6, 6.07) is 5.82. The third kappa shape index (κ3) is 4.46. The van der Waals surface area contributed by atoms with Crippen molar-refractivity contribution >= 4 is 17.3 Å². The number of benzene rings is 1. The van der Waals surface area contributed by atoms with Crippen LogP contribution in [0.25, 0.3) is 0 Å². The predicted molar refractivity (Wildman–Crippen MR) is 75.4 cm³/mol. The lowest BCUT2D eigenvalue weighted by atomic mass is 10.1. The fraction of sp³-hybridized carbons (Fsp3) is 0.538. The Morgan fingerprint density at radius 2 is 2.17 bits per heavy atom. The lowest BCUT2D eigenvalue weighted by molar-refractivity contribution is 0.203. The highest BCUT2D eigenvalue weighted by molar-refractivity contribution is 6.30. The summed E-state index contributed by atoms with van der Waals surface area (Å²) in [7, 11) is 3.58. The number of aliphatic hydroxyl groups is 1. The molecule has 0 amide bonds. The summed E-state index contributed by atoms with van der Waals surface area (Å²) in [5, 5.41) is 13.0. The lowest BCUT2D eigenvalue weighted by Crippen LogP contribution is -2.31. The van der Waals surface area contributed by atoms with Crippen LogP contribution in [0.3, 0.4) is 0 Å². The number of nitrogens with one attached hydrogen (secondary N) is 1. The largest absolute Gasteiger partial charge is 0.395 e. The van der Waals surface area contributed by atoms with Gasteiger partial charge in [0.05, 0.1) is 13.2 Å². The van der Waals surface area contributed by atoms with Gasteiger partial charge in [-0.1, -0.05) is 17.7 Å². The zero-order valence-corrected chi connectivity index (χ0v) is 11.7. The predicted octanol–water partition coefficient (Wildman–Crippen LogP) is 1.50. The van der Waals surface area contributed by atoms with E-state index in [2.05, 4.69) is 10.2 Å². The molecule has 0 aliphatic carbocycles. The summed E-state index contributed by atoms with van der Waals surface area (Å²) < 4.78 is 5.10. The van der Waals surface area contributed by atoms with Crippen LogP contribution in [0.1, 0.15) is 5.56 Å². The first-order valence-electron chi connectivity index (χ1n) is 6.00. The van der Waals surface area contributed by atoms with Crippen LogP contribution in [0, 0.1) is 0 Å². The monoisotopic (exact) mass is 272 g/mol. The molecule has 2 N–H and O–H groups in total. The minimum absolute atomic E-state index is 0.106. The second-order valence-corrected chi connectivity index (χ2v) is 4.44. The van der Waals surface area contributed by atoms with E-state index in [0.29, 0.717) is 18.2 Å². The van der Waals surface area contributed by atoms with E-state index in [1.807, 2.05) is 25.2 Å². The number of nitrogens with zero attached hydrogens (tertiary/aromatic N) is 1. The Morgan fingerprint density at radius 3 is 2.78 bits per heavy atom. The van der Waals surface area contributed by atoms with Crippen molar-refractivity contribution < 1.29 is 9.84 Å². The highest BCUT2D eigenvalue weighted by Crippen LogP contribution is 2.24. The molecule has 0 bridgehead atoms. The standard InChI is InChI=1S/C13H21ClN2O2/c1-15-10-11-3-4-12(14)9-13(11)16(5-7-17)6-8-18-2/h3-4,9,15,17H,5-8,10H2,1-2H3. The Hall–Kier alpha value is -0.810. The van der Waals surface area contributed by atoms with Crippen molar-refractivity contribution in [2.45, 2.75) is 6.54 Å². The number of hydrogen-bond acceptors (Lipinski definition) is 4. The number of halogens is 1. The van der Waals surface area contributed by atoms with Crippen LogP contribution < -0.4 is 10.2 Å². The van der Waals surface area contributed by atoms with Crippen molar-refractivity contribution in [1.82, 2.24) is 5.32 Å². The second-order valence-electron chi connectivity index (χ2n) is 4.01. The van der Waals surface area contributed by atoms with Gasteiger partial charge in [-0.2, -0.15) is 0 Å². The van der Waals surface area contributed by atoms with Crippen LogP contribution in [0.5, 0.6) is 0 Å². The van der Waals surface area contributed by atoms with Gasteiger partial charge >= 0.3 is 0 Å². The average Bonchev–Trinajstić information content (AvgIpc) is 2.37. The average molecular weight is 273 g/mol. The van der Waals surface area contributed by atoms with E-state index in [0.717, 1.165) is 24.3 Å². The molecular weight excluding hydrogens is 252 g/mol. The summed E-state index contributed by atoms with van der Waals surface area (Å²) in [5.74, 6) is 0. The van der Waals surface area contributed by atoms with Gasteiger partial charge in [0, 0.05) is 37.5 Å². The van der Waals surface area contributed by atoms with Crippen LogP contribution in [0.2, 0.25) is 5.02 Å². The normalized spacial score (nSPS) is 10.7. The molecule has 0 aliphatic heterocycles. The van der Waals surface area contributed by atoms with Crippen molar-refractivity contribution in [3.63, 3.8) is 0 Å². The summed E-state index contributed by atoms with van der Waals surface area (Å²) in [5.41, 5.74) is 2.20. The van der Waals surface area contributed by atoms with Gasteiger partial charge in [-0.25, -0.2) is 0 Å². The van der Waals surface area contributed by atoms with E-state index in [4.69, 9.17) is 21.4 Å². The lowest BCUT2D eigenvalue weighted by Gasteiger charge is -2.26. The molecule has 0 heterocycles. The van der Waals surface area contributed by atoms with Gasteiger partial charge in [-0.3, -0.25) is 0 Å². The van der Waals surface area contributed by atoms with E-state index in [9.17, 15) is 0 Å². The molecule has 1 aromatic rings. The van der Waals surface area contributed by atoms with Gasteiger partial charge in [0.15, 0.2) is 0 Å². The van der Waals surface area contributed by atoms with E-state index in [1.54, 1.807) is 7.11 Å². The van der Waals surface area contributed by atoms with Gasteiger partial charge < -0.3 is 20.1 Å². The Balaban J connectivity index is 2.95. The van der Waals surface area contributed by atoms with Crippen LogP contribution >= 0.6 is 11.6 Å². The molecule has 0 saturated heterocycles. The van der Waals surface area contributed by atoms with Gasteiger partial charge in [0.1, 0.15) is 0 Å². The van der Waals surface area contributed by atoms with E-state index < -0.39 is 0 Å². The Kier molecular flexibility index (Phi) is 7.05. The van der Waals surface area contributed by atoms with Crippen LogP contribution in [-0.2, 0) is 11.3 Å². The molecule has 0 spiro atoms. The highest BCUT2D eigenvalue weighted by Gasteiger charge is 2.11. The number of hydrogen-bond donors (Lipinski definition) is 2. The topological polar surface area (TPSA) is 44.7 Å². The molecule has 0 radical (unpaired) electrons. The molecule has 4 nitrogen and oxygen atoms in total. The summed E-state index contributed by atoms with van der Waals surface area (Å²) in [4.78, 5) is 2.09. The molecule has 0 atom stereocenters. The van der Waals surface area contributed by atoms with Crippen LogP contribution in [0.4, 0.5) is 5.69 Å². The van der Waals surface area contributed by atoms with E-state index in [-0.39, 0.29) is 6.61 Å². The summed E-state index contributed by atoms with van der Waals surface area (Å²) in [6.07, 6.45) is 0. The van der Waals surface area contributed by atoms with Gasteiger partial charge in [0.2, 0.25) is 0 Å². The molecule has 18 heavy (non-hydrogen) atoms. The van der Waals surface area contributed by atoms with Gasteiger partial charge in [-0.15, -0.1) is 0 Å². The summed E-state index contributed by atoms with van der Waals surface area (Å²) in [6.45, 7) is 2.79. The van der Waals surface area contributed by atoms with E-state index in [1.165, 1.54) is 0 Å². The maximum absolute atomic E-state index is 9.16. The van der Waals surface area contributed by atoms with Crippen molar-refractivity contribution in [3.8, 4) is 0 Å². The molecule has 0 aliphatic rings. The first kappa shape index (κ1) is 15.2. The summed E-state index contributed by atoms with van der Waals surface area (Å²) >= 11 is 6.05. The smallest absolute Gasteiger partial charge is 0.0637 e.